The SMILES string of the molecule is CCOC(=O)[C@]1(CCSC)[NH2+][C@@H](c2cccs2)[C@H]2C(=O)N(CC)C(=O)[C@@H]21. The smallest absolute Gasteiger partial charge is 0.368 e. The molecule has 4 atom stereocenters. The molecule has 0 aliphatic carbocycles. The Morgan fingerprint density at radius 1 is 1.38 bits per heavy atom. The minimum atomic E-state index is -1.03. The highest BCUT2D eigenvalue weighted by molar-refractivity contribution is 7.98. The van der Waals surface area contributed by atoms with Gasteiger partial charge in [-0.25, -0.2) is 4.79 Å². The second-order valence-electron chi connectivity index (χ2n) is 6.64. The third-order valence-electron chi connectivity index (χ3n) is 5.42. The number of esters is 1. The number of nitrogens with two attached hydrogens (primary N) is 1. The van der Waals surface area contributed by atoms with Gasteiger partial charge in [-0.2, -0.15) is 11.8 Å². The lowest BCUT2D eigenvalue weighted by atomic mass is 9.78. The Bertz CT molecular complexity index is 693. The van der Waals surface area contributed by atoms with Gasteiger partial charge in [0.25, 0.3) is 0 Å². The predicted octanol–water partition coefficient (Wildman–Crippen LogP) is 1.04. The van der Waals surface area contributed by atoms with Crippen LogP contribution in [0.5, 0.6) is 0 Å². The van der Waals surface area contributed by atoms with Gasteiger partial charge in [-0.15, -0.1) is 11.3 Å². The summed E-state index contributed by atoms with van der Waals surface area (Å²) >= 11 is 3.19. The maximum atomic E-state index is 13.1. The number of amides is 2. The van der Waals surface area contributed by atoms with Gasteiger partial charge in [0.1, 0.15) is 17.9 Å². The van der Waals surface area contributed by atoms with Crippen LogP contribution >= 0.6 is 23.1 Å². The second-order valence-corrected chi connectivity index (χ2v) is 8.60. The van der Waals surface area contributed by atoms with Gasteiger partial charge in [-0.3, -0.25) is 14.5 Å². The fraction of sp³-hybridized carbons (Fsp3) is 0.611. The van der Waals surface area contributed by atoms with Crippen LogP contribution in [0.4, 0.5) is 0 Å². The van der Waals surface area contributed by atoms with Crippen molar-refractivity contribution in [2.24, 2.45) is 11.8 Å². The fourth-order valence-electron chi connectivity index (χ4n) is 4.31. The van der Waals surface area contributed by atoms with E-state index in [2.05, 4.69) is 0 Å². The van der Waals surface area contributed by atoms with Gasteiger partial charge in [0.2, 0.25) is 17.4 Å². The van der Waals surface area contributed by atoms with E-state index in [1.165, 1.54) is 4.90 Å². The van der Waals surface area contributed by atoms with E-state index >= 15 is 0 Å². The van der Waals surface area contributed by atoms with Gasteiger partial charge in [0.15, 0.2) is 0 Å². The first-order chi connectivity index (χ1) is 12.5. The number of rotatable bonds is 7. The Hall–Kier alpha value is -1.38. The van der Waals surface area contributed by atoms with E-state index in [0.717, 1.165) is 10.6 Å². The molecule has 0 saturated carbocycles. The van der Waals surface area contributed by atoms with Gasteiger partial charge >= 0.3 is 5.97 Å². The lowest BCUT2D eigenvalue weighted by Crippen LogP contribution is -2.98. The van der Waals surface area contributed by atoms with Crippen molar-refractivity contribution in [3.05, 3.63) is 22.4 Å². The monoisotopic (exact) mass is 397 g/mol. The minimum Gasteiger partial charge on any atom is -0.461 e. The van der Waals surface area contributed by atoms with E-state index in [9.17, 15) is 14.4 Å². The van der Waals surface area contributed by atoms with Gasteiger partial charge in [0, 0.05) is 13.0 Å². The number of thiophene rings is 1. The normalized spacial score (nSPS) is 30.7. The van der Waals surface area contributed by atoms with Crippen LogP contribution < -0.4 is 5.32 Å². The number of nitrogens with zero attached hydrogens (tertiary/aromatic N) is 1. The maximum absolute atomic E-state index is 13.1. The van der Waals surface area contributed by atoms with E-state index in [1.807, 2.05) is 29.1 Å². The first kappa shape index (κ1) is 19.4. The third-order valence-corrected chi connectivity index (χ3v) is 7.01. The predicted molar refractivity (Wildman–Crippen MR) is 101 cm³/mol. The summed E-state index contributed by atoms with van der Waals surface area (Å²) in [5, 5.41) is 3.91. The molecule has 0 aromatic carbocycles. The van der Waals surface area contributed by atoms with Crippen molar-refractivity contribution < 1.29 is 24.4 Å². The van der Waals surface area contributed by atoms with E-state index in [4.69, 9.17) is 4.74 Å². The fourth-order valence-corrected chi connectivity index (χ4v) is 5.69. The van der Waals surface area contributed by atoms with Crippen molar-refractivity contribution in [1.29, 1.82) is 0 Å². The van der Waals surface area contributed by atoms with Crippen LogP contribution in [0, 0.1) is 11.8 Å². The highest BCUT2D eigenvalue weighted by atomic mass is 32.2. The van der Waals surface area contributed by atoms with E-state index in [-0.39, 0.29) is 30.4 Å². The van der Waals surface area contributed by atoms with Gasteiger partial charge in [0.05, 0.1) is 11.5 Å². The molecular formula is C18H25N2O4S2+. The molecule has 0 spiro atoms. The molecule has 142 valence electrons. The summed E-state index contributed by atoms with van der Waals surface area (Å²) in [7, 11) is 0. The van der Waals surface area contributed by atoms with Gasteiger partial charge in [-0.05, 0) is 37.3 Å². The van der Waals surface area contributed by atoms with Crippen LogP contribution in [-0.2, 0) is 19.1 Å². The molecule has 0 unspecified atom stereocenters. The van der Waals surface area contributed by atoms with Crippen LogP contribution in [0.3, 0.4) is 0 Å². The molecule has 2 fully saturated rings. The number of fused-ring (bicyclic) bond motifs is 1. The van der Waals surface area contributed by atoms with Crippen molar-refractivity contribution in [2.45, 2.75) is 31.8 Å². The molecule has 2 aliphatic heterocycles. The summed E-state index contributed by atoms with van der Waals surface area (Å²) in [6.45, 7) is 4.16. The summed E-state index contributed by atoms with van der Waals surface area (Å²) in [6.07, 6.45) is 2.48. The molecule has 3 heterocycles. The molecule has 26 heavy (non-hydrogen) atoms. The number of thioether (sulfide) groups is 1. The molecule has 1 aromatic rings. The molecule has 1 aromatic heterocycles. The summed E-state index contributed by atoms with van der Waals surface area (Å²) < 4.78 is 5.39. The van der Waals surface area contributed by atoms with Gasteiger partial charge < -0.3 is 10.1 Å². The zero-order valence-corrected chi connectivity index (χ0v) is 16.9. The lowest BCUT2D eigenvalue weighted by molar-refractivity contribution is -0.734. The van der Waals surface area contributed by atoms with E-state index in [1.54, 1.807) is 36.9 Å². The number of carbonyl (C=O) groups is 3. The molecule has 2 aliphatic rings. The number of hydrogen-bond donors (Lipinski definition) is 1. The van der Waals surface area contributed by atoms with E-state index in [0.29, 0.717) is 13.0 Å². The van der Waals surface area contributed by atoms with Crippen molar-refractivity contribution in [3.63, 3.8) is 0 Å². The van der Waals surface area contributed by atoms with Crippen LogP contribution in [0.15, 0.2) is 17.5 Å². The Morgan fingerprint density at radius 2 is 2.15 bits per heavy atom. The molecule has 6 nitrogen and oxygen atoms in total. The molecular weight excluding hydrogens is 372 g/mol. The van der Waals surface area contributed by atoms with Crippen molar-refractivity contribution >= 4 is 40.9 Å². The number of carbonyl (C=O) groups excluding carboxylic acids is 3. The Morgan fingerprint density at radius 3 is 2.73 bits per heavy atom. The average molecular weight is 398 g/mol. The summed E-state index contributed by atoms with van der Waals surface area (Å²) in [4.78, 5) is 41.5. The quantitative estimate of drug-likeness (QED) is 0.549. The number of likely N-dealkylation sites (tertiary alicyclic amines) is 1. The molecule has 2 saturated heterocycles. The Labute approximate surface area is 161 Å². The van der Waals surface area contributed by atoms with Crippen LogP contribution in [0.2, 0.25) is 0 Å². The number of hydrogen-bond acceptors (Lipinski definition) is 6. The van der Waals surface area contributed by atoms with Crippen LogP contribution in [0.1, 0.15) is 31.2 Å². The number of quaternary nitrogens is 1. The zero-order chi connectivity index (χ0) is 18.9. The van der Waals surface area contributed by atoms with Crippen molar-refractivity contribution in [1.82, 2.24) is 4.90 Å². The zero-order valence-electron chi connectivity index (χ0n) is 15.3. The molecule has 2 amide bonds. The molecule has 0 bridgehead atoms. The standard InChI is InChI=1S/C18H24N2O4S2/c1-4-20-15(21)12-13(16(20)22)18(8-10-25-3,17(23)24-5-2)19-14(12)11-7-6-9-26-11/h6-7,9,12-14,19H,4-5,8,10H2,1-3H3/p+1/t12-,13+,14-,18+/m0/s1. The van der Waals surface area contributed by atoms with Crippen molar-refractivity contribution in [3.8, 4) is 0 Å². The first-order valence-corrected chi connectivity index (χ1v) is 11.2. The van der Waals surface area contributed by atoms with Gasteiger partial charge in [-0.1, -0.05) is 6.07 Å². The molecule has 3 rings (SSSR count). The summed E-state index contributed by atoms with van der Waals surface area (Å²) in [5.74, 6) is -1.20. The maximum Gasteiger partial charge on any atom is 0.368 e. The molecule has 8 heteroatoms. The lowest BCUT2D eigenvalue weighted by Gasteiger charge is -2.29. The highest BCUT2D eigenvalue weighted by Gasteiger charge is 2.72. The van der Waals surface area contributed by atoms with Crippen molar-refractivity contribution in [2.75, 3.05) is 25.2 Å². The second kappa shape index (κ2) is 7.70. The van der Waals surface area contributed by atoms with Crippen LogP contribution in [0.25, 0.3) is 0 Å². The largest absolute Gasteiger partial charge is 0.461 e. The van der Waals surface area contributed by atoms with E-state index < -0.39 is 17.4 Å². The number of ether oxygens (including phenoxy) is 1. The Balaban J connectivity index is 2.10. The number of imide groups is 1. The topological polar surface area (TPSA) is 80.3 Å². The highest BCUT2D eigenvalue weighted by Crippen LogP contribution is 2.46. The average Bonchev–Trinajstić information content (AvgIpc) is 3.31. The summed E-state index contributed by atoms with van der Waals surface area (Å²) in [6, 6.07) is 3.69. The minimum absolute atomic E-state index is 0.160. The van der Waals surface area contributed by atoms with Crippen LogP contribution in [-0.4, -0.2) is 53.4 Å². The Kier molecular flexibility index (Phi) is 5.74. The summed E-state index contributed by atoms with van der Waals surface area (Å²) in [5.41, 5.74) is -1.03. The molecule has 0 radical (unpaired) electrons. The third kappa shape index (κ3) is 2.88. The first-order valence-electron chi connectivity index (χ1n) is 8.92. The molecule has 2 N–H and O–H groups in total.